The summed E-state index contributed by atoms with van der Waals surface area (Å²) in [6.45, 7) is 2.94. The lowest BCUT2D eigenvalue weighted by atomic mass is 9.86. The number of benzene rings is 1. The minimum atomic E-state index is -0.941. The number of nitrogen functional groups attached to an aromatic ring is 1. The van der Waals surface area contributed by atoms with Crippen LogP contribution in [0.3, 0.4) is 0 Å². The van der Waals surface area contributed by atoms with Gasteiger partial charge in [0.05, 0.1) is 5.56 Å². The van der Waals surface area contributed by atoms with Crippen LogP contribution in [0.15, 0.2) is 18.2 Å². The maximum Gasteiger partial charge on any atom is 0.338 e. The molecule has 1 aromatic rings. The first-order valence-corrected chi connectivity index (χ1v) is 7.30. The minimum absolute atomic E-state index is 0.253. The molecule has 3 N–H and O–H groups in total. The van der Waals surface area contributed by atoms with Crippen molar-refractivity contribution in [3.05, 3.63) is 29.3 Å². The molecule has 1 aliphatic carbocycles. The molecule has 1 fully saturated rings. The second kappa shape index (κ2) is 6.27. The van der Waals surface area contributed by atoms with Crippen molar-refractivity contribution in [3.8, 4) is 0 Å². The average molecular weight is 276 g/mol. The Kier molecular flexibility index (Phi) is 4.65. The lowest BCUT2D eigenvalue weighted by Crippen LogP contribution is -2.35. The fourth-order valence-electron chi connectivity index (χ4n) is 3.21. The molecule has 2 atom stereocenters. The molecule has 0 spiro atoms. The Hall–Kier alpha value is -1.55. The van der Waals surface area contributed by atoms with Gasteiger partial charge in [-0.2, -0.15) is 0 Å². The van der Waals surface area contributed by atoms with Crippen LogP contribution >= 0.6 is 0 Å². The lowest BCUT2D eigenvalue weighted by molar-refractivity contribution is 0.0694. The van der Waals surface area contributed by atoms with Crippen molar-refractivity contribution in [2.24, 2.45) is 5.92 Å². The van der Waals surface area contributed by atoms with Crippen molar-refractivity contribution in [2.45, 2.75) is 45.2 Å². The molecule has 0 bridgehead atoms. The number of hydrogen-bond donors (Lipinski definition) is 2. The molecule has 2 rings (SSSR count). The van der Waals surface area contributed by atoms with E-state index in [1.807, 2.05) is 12.1 Å². The van der Waals surface area contributed by atoms with Crippen LogP contribution in [0.5, 0.6) is 0 Å². The number of anilines is 1. The van der Waals surface area contributed by atoms with E-state index in [1.165, 1.54) is 25.7 Å². The van der Waals surface area contributed by atoms with Crippen molar-refractivity contribution in [3.63, 3.8) is 0 Å². The zero-order valence-electron chi connectivity index (χ0n) is 12.3. The highest BCUT2D eigenvalue weighted by atomic mass is 16.4. The molecule has 1 saturated carbocycles. The summed E-state index contributed by atoms with van der Waals surface area (Å²) in [4.78, 5) is 13.6. The smallest absolute Gasteiger partial charge is 0.338 e. The zero-order valence-corrected chi connectivity index (χ0v) is 12.3. The van der Waals surface area contributed by atoms with Crippen molar-refractivity contribution in [1.29, 1.82) is 0 Å². The predicted octanol–water partition coefficient (Wildman–Crippen LogP) is 2.98. The second-order valence-corrected chi connectivity index (χ2v) is 6.03. The van der Waals surface area contributed by atoms with Crippen molar-refractivity contribution in [2.75, 3.05) is 12.8 Å². The van der Waals surface area contributed by atoms with Gasteiger partial charge < -0.3 is 10.8 Å². The van der Waals surface area contributed by atoms with Gasteiger partial charge in [0.25, 0.3) is 0 Å². The van der Waals surface area contributed by atoms with E-state index in [1.54, 1.807) is 6.07 Å². The maximum atomic E-state index is 11.4. The van der Waals surface area contributed by atoms with Gasteiger partial charge in [0.15, 0.2) is 0 Å². The first-order valence-electron chi connectivity index (χ1n) is 7.30. The van der Waals surface area contributed by atoms with Crippen LogP contribution in [0.25, 0.3) is 0 Å². The Balaban J connectivity index is 2.13. The molecule has 1 aliphatic rings. The fraction of sp³-hybridized carbons (Fsp3) is 0.562. The number of nitrogens with zero attached hydrogens (tertiary/aromatic N) is 1. The van der Waals surface area contributed by atoms with E-state index in [2.05, 4.69) is 18.9 Å². The van der Waals surface area contributed by atoms with Gasteiger partial charge in [-0.1, -0.05) is 31.9 Å². The molecule has 4 nitrogen and oxygen atoms in total. The summed E-state index contributed by atoms with van der Waals surface area (Å²) in [6.07, 6.45) is 4.97. The highest BCUT2D eigenvalue weighted by Gasteiger charge is 2.23. The van der Waals surface area contributed by atoms with Gasteiger partial charge >= 0.3 is 5.97 Å². The summed E-state index contributed by atoms with van der Waals surface area (Å²) in [6, 6.07) is 5.88. The number of nitrogens with two attached hydrogens (primary N) is 1. The normalized spacial score (nSPS) is 22.9. The van der Waals surface area contributed by atoms with Gasteiger partial charge in [-0.05, 0) is 37.4 Å². The van der Waals surface area contributed by atoms with E-state index in [-0.39, 0.29) is 5.56 Å². The van der Waals surface area contributed by atoms with E-state index in [4.69, 9.17) is 5.73 Å². The Bertz CT molecular complexity index is 487. The van der Waals surface area contributed by atoms with Crippen LogP contribution in [0, 0.1) is 5.92 Å². The quantitative estimate of drug-likeness (QED) is 0.830. The third-order valence-corrected chi connectivity index (χ3v) is 4.35. The van der Waals surface area contributed by atoms with E-state index in [0.29, 0.717) is 18.3 Å². The maximum absolute atomic E-state index is 11.4. The van der Waals surface area contributed by atoms with Crippen molar-refractivity contribution < 1.29 is 9.90 Å². The standard InChI is InChI=1S/C16H24N2O2/c1-11-5-3-7-13(9-11)18(2)10-12-6-4-8-14(17)15(12)16(19)20/h4,6,8,11,13H,3,5,7,9-10,17H2,1-2H3,(H,19,20). The number of carbonyl (C=O) groups is 1. The monoisotopic (exact) mass is 276 g/mol. The number of hydrogen-bond acceptors (Lipinski definition) is 3. The summed E-state index contributed by atoms with van der Waals surface area (Å²) in [5.74, 6) is -0.181. The summed E-state index contributed by atoms with van der Waals surface area (Å²) in [5, 5.41) is 9.31. The number of carboxylic acid groups (broad SMARTS) is 1. The van der Waals surface area contributed by atoms with Gasteiger partial charge in [0, 0.05) is 18.3 Å². The molecule has 0 amide bonds. The molecule has 0 aliphatic heterocycles. The lowest BCUT2D eigenvalue weighted by Gasteiger charge is -2.34. The van der Waals surface area contributed by atoms with Gasteiger partial charge in [-0.25, -0.2) is 4.79 Å². The highest BCUT2D eigenvalue weighted by molar-refractivity contribution is 5.95. The first-order chi connectivity index (χ1) is 9.49. The Morgan fingerprint density at radius 2 is 2.20 bits per heavy atom. The summed E-state index contributed by atoms with van der Waals surface area (Å²) in [7, 11) is 2.08. The molecule has 2 unspecified atom stereocenters. The molecule has 1 aromatic carbocycles. The predicted molar refractivity (Wildman–Crippen MR) is 80.7 cm³/mol. The van der Waals surface area contributed by atoms with Crippen molar-refractivity contribution >= 4 is 11.7 Å². The zero-order chi connectivity index (χ0) is 14.7. The van der Waals surface area contributed by atoms with Gasteiger partial charge in [0.2, 0.25) is 0 Å². The molecule has 4 heteroatoms. The van der Waals surface area contributed by atoms with Crippen LogP contribution in [-0.4, -0.2) is 29.1 Å². The molecule has 20 heavy (non-hydrogen) atoms. The number of rotatable bonds is 4. The second-order valence-electron chi connectivity index (χ2n) is 6.03. The van der Waals surface area contributed by atoms with Gasteiger partial charge in [-0.15, -0.1) is 0 Å². The SMILES string of the molecule is CC1CCCC(N(C)Cc2cccc(N)c2C(=O)O)C1. The van der Waals surface area contributed by atoms with Crippen LogP contribution < -0.4 is 5.73 Å². The summed E-state index contributed by atoms with van der Waals surface area (Å²) >= 11 is 0. The summed E-state index contributed by atoms with van der Waals surface area (Å²) in [5.41, 5.74) is 7.20. The molecular weight excluding hydrogens is 252 g/mol. The van der Waals surface area contributed by atoms with Gasteiger partial charge in [-0.3, -0.25) is 4.90 Å². The molecule has 0 radical (unpaired) electrons. The largest absolute Gasteiger partial charge is 0.478 e. The number of carboxylic acids is 1. The third-order valence-electron chi connectivity index (χ3n) is 4.35. The highest BCUT2D eigenvalue weighted by Crippen LogP contribution is 2.28. The first kappa shape index (κ1) is 14.9. The topological polar surface area (TPSA) is 66.6 Å². The molecule has 110 valence electrons. The summed E-state index contributed by atoms with van der Waals surface area (Å²) < 4.78 is 0. The van der Waals surface area contributed by atoms with E-state index in [9.17, 15) is 9.90 Å². The van der Waals surface area contributed by atoms with Crippen LogP contribution in [0.1, 0.15) is 48.5 Å². The Labute approximate surface area is 120 Å². The average Bonchev–Trinajstić information content (AvgIpc) is 2.38. The van der Waals surface area contributed by atoms with E-state index in [0.717, 1.165) is 11.5 Å². The third kappa shape index (κ3) is 3.31. The molecule has 0 aromatic heterocycles. The van der Waals surface area contributed by atoms with Crippen molar-refractivity contribution in [1.82, 2.24) is 4.90 Å². The van der Waals surface area contributed by atoms with E-state index >= 15 is 0 Å². The molecule has 0 saturated heterocycles. The minimum Gasteiger partial charge on any atom is -0.478 e. The van der Waals surface area contributed by atoms with Crippen LogP contribution in [-0.2, 0) is 6.54 Å². The Morgan fingerprint density at radius 3 is 2.85 bits per heavy atom. The van der Waals surface area contributed by atoms with Crippen LogP contribution in [0.2, 0.25) is 0 Å². The fourth-order valence-corrected chi connectivity index (χ4v) is 3.21. The van der Waals surface area contributed by atoms with E-state index < -0.39 is 5.97 Å². The Morgan fingerprint density at radius 1 is 1.45 bits per heavy atom. The number of aromatic carboxylic acids is 1. The molecule has 0 heterocycles. The van der Waals surface area contributed by atoms with Gasteiger partial charge in [0.1, 0.15) is 0 Å². The molecular formula is C16H24N2O2. The van der Waals surface area contributed by atoms with Crippen LogP contribution in [0.4, 0.5) is 5.69 Å².